The van der Waals surface area contributed by atoms with Crippen LogP contribution in [0.2, 0.25) is 0 Å². The fraction of sp³-hybridized carbons (Fsp3) is 0.500. The Morgan fingerprint density at radius 2 is 2.08 bits per heavy atom. The number of allylic oxidation sites excluding steroid dienone is 5. The van der Waals surface area contributed by atoms with E-state index in [0.29, 0.717) is 0 Å². The molecule has 0 atom stereocenters. The van der Waals surface area contributed by atoms with Crippen LogP contribution in [0.25, 0.3) is 0 Å². The van der Waals surface area contributed by atoms with Crippen LogP contribution in [0.1, 0.15) is 26.7 Å². The molecule has 0 aliphatic heterocycles. The van der Waals surface area contributed by atoms with Gasteiger partial charge in [0.25, 0.3) is 0 Å². The van der Waals surface area contributed by atoms with E-state index in [0.717, 1.165) is 11.8 Å². The van der Waals surface area contributed by atoms with E-state index in [1.54, 1.807) is 0 Å². The van der Waals surface area contributed by atoms with Gasteiger partial charge in [0.15, 0.2) is 0 Å². The summed E-state index contributed by atoms with van der Waals surface area (Å²) in [7, 11) is 0. The highest BCUT2D eigenvalue weighted by Crippen LogP contribution is 2.38. The van der Waals surface area contributed by atoms with Gasteiger partial charge in [-0.15, -0.1) is 0 Å². The standard InChI is InChI=1S/C12H18/c1-4-6-7-11(5-2)12-8-10(3)9-12/h4-7,10,12H,2,8-9H2,1,3H3/b6-4-,11-7+. The van der Waals surface area contributed by atoms with Crippen molar-refractivity contribution in [1.29, 1.82) is 0 Å². The van der Waals surface area contributed by atoms with Crippen LogP contribution in [0.3, 0.4) is 0 Å². The van der Waals surface area contributed by atoms with Gasteiger partial charge in [-0.05, 0) is 37.2 Å². The van der Waals surface area contributed by atoms with E-state index in [1.807, 2.05) is 13.0 Å². The van der Waals surface area contributed by atoms with Crippen molar-refractivity contribution in [3.05, 3.63) is 36.5 Å². The summed E-state index contributed by atoms with van der Waals surface area (Å²) < 4.78 is 0. The van der Waals surface area contributed by atoms with Crippen molar-refractivity contribution in [3.8, 4) is 0 Å². The lowest BCUT2D eigenvalue weighted by Crippen LogP contribution is -2.21. The minimum atomic E-state index is 0.786. The Balaban J connectivity index is 2.51. The third-order valence-corrected chi connectivity index (χ3v) is 2.56. The van der Waals surface area contributed by atoms with Crippen molar-refractivity contribution >= 4 is 0 Å². The summed E-state index contributed by atoms with van der Waals surface area (Å²) in [5.74, 6) is 1.71. The maximum Gasteiger partial charge on any atom is -0.0157 e. The zero-order valence-electron chi connectivity index (χ0n) is 8.09. The minimum Gasteiger partial charge on any atom is -0.0988 e. The Hall–Kier alpha value is -0.780. The summed E-state index contributed by atoms with van der Waals surface area (Å²) in [5.41, 5.74) is 1.41. The van der Waals surface area contributed by atoms with Gasteiger partial charge in [-0.2, -0.15) is 0 Å². The Labute approximate surface area is 75.7 Å². The van der Waals surface area contributed by atoms with Gasteiger partial charge in [0.2, 0.25) is 0 Å². The molecule has 0 radical (unpaired) electrons. The van der Waals surface area contributed by atoms with Crippen molar-refractivity contribution < 1.29 is 0 Å². The van der Waals surface area contributed by atoms with Crippen LogP contribution in [-0.2, 0) is 0 Å². The topological polar surface area (TPSA) is 0 Å². The molecule has 0 N–H and O–H groups in total. The second kappa shape index (κ2) is 4.30. The van der Waals surface area contributed by atoms with E-state index in [4.69, 9.17) is 0 Å². The second-order valence-corrected chi connectivity index (χ2v) is 3.67. The molecule has 1 fully saturated rings. The maximum absolute atomic E-state index is 3.84. The van der Waals surface area contributed by atoms with Gasteiger partial charge in [0.05, 0.1) is 0 Å². The summed E-state index contributed by atoms with van der Waals surface area (Å²) in [6.07, 6.45) is 11.0. The quantitative estimate of drug-likeness (QED) is 0.555. The first kappa shape index (κ1) is 9.31. The lowest BCUT2D eigenvalue weighted by molar-refractivity contribution is 0.253. The van der Waals surface area contributed by atoms with Crippen LogP contribution in [-0.4, -0.2) is 0 Å². The minimum absolute atomic E-state index is 0.786. The average molecular weight is 162 g/mol. The number of hydrogen-bond acceptors (Lipinski definition) is 0. The molecule has 0 nitrogen and oxygen atoms in total. The van der Waals surface area contributed by atoms with E-state index in [1.165, 1.54) is 18.4 Å². The molecule has 0 amide bonds. The smallest absolute Gasteiger partial charge is 0.0157 e. The highest BCUT2D eigenvalue weighted by molar-refractivity contribution is 5.26. The summed E-state index contributed by atoms with van der Waals surface area (Å²) in [6.45, 7) is 8.19. The molecule has 0 saturated heterocycles. The van der Waals surface area contributed by atoms with Crippen LogP contribution >= 0.6 is 0 Å². The third-order valence-electron chi connectivity index (χ3n) is 2.56. The van der Waals surface area contributed by atoms with E-state index in [9.17, 15) is 0 Å². The summed E-state index contributed by atoms with van der Waals surface area (Å²) in [4.78, 5) is 0. The molecule has 0 heterocycles. The highest BCUT2D eigenvalue weighted by Gasteiger charge is 2.26. The van der Waals surface area contributed by atoms with E-state index in [-0.39, 0.29) is 0 Å². The monoisotopic (exact) mass is 162 g/mol. The van der Waals surface area contributed by atoms with Crippen molar-refractivity contribution in [2.75, 3.05) is 0 Å². The van der Waals surface area contributed by atoms with Crippen LogP contribution in [0.15, 0.2) is 36.5 Å². The van der Waals surface area contributed by atoms with Crippen molar-refractivity contribution in [2.24, 2.45) is 11.8 Å². The molecular weight excluding hydrogens is 144 g/mol. The normalized spacial score (nSPS) is 30.3. The fourth-order valence-corrected chi connectivity index (χ4v) is 1.75. The van der Waals surface area contributed by atoms with Gasteiger partial charge in [0, 0.05) is 0 Å². The SMILES string of the molecule is C=C/C(=C\C=C/C)C1CC(C)C1. The van der Waals surface area contributed by atoms with Crippen LogP contribution in [0.5, 0.6) is 0 Å². The fourth-order valence-electron chi connectivity index (χ4n) is 1.75. The molecule has 1 aliphatic rings. The molecule has 0 heteroatoms. The lowest BCUT2D eigenvalue weighted by atomic mass is 9.72. The molecule has 0 aromatic heterocycles. The molecule has 0 unspecified atom stereocenters. The van der Waals surface area contributed by atoms with Gasteiger partial charge in [-0.3, -0.25) is 0 Å². The summed E-state index contributed by atoms with van der Waals surface area (Å²) in [6, 6.07) is 0. The zero-order valence-corrected chi connectivity index (χ0v) is 8.09. The number of rotatable bonds is 3. The predicted octanol–water partition coefficient (Wildman–Crippen LogP) is 3.72. The number of hydrogen-bond donors (Lipinski definition) is 0. The average Bonchev–Trinajstić information content (AvgIpc) is 2.02. The first-order valence-electron chi connectivity index (χ1n) is 4.73. The van der Waals surface area contributed by atoms with Gasteiger partial charge in [-0.1, -0.05) is 37.8 Å². The Morgan fingerprint density at radius 1 is 1.42 bits per heavy atom. The first-order chi connectivity index (χ1) is 5.77. The van der Waals surface area contributed by atoms with Gasteiger partial charge in [0.1, 0.15) is 0 Å². The Morgan fingerprint density at radius 3 is 2.50 bits per heavy atom. The molecule has 0 aromatic rings. The summed E-state index contributed by atoms with van der Waals surface area (Å²) >= 11 is 0. The molecule has 1 saturated carbocycles. The molecule has 12 heavy (non-hydrogen) atoms. The van der Waals surface area contributed by atoms with Crippen LogP contribution in [0.4, 0.5) is 0 Å². The van der Waals surface area contributed by atoms with E-state index < -0.39 is 0 Å². The first-order valence-corrected chi connectivity index (χ1v) is 4.73. The molecule has 1 aliphatic carbocycles. The largest absolute Gasteiger partial charge is 0.0988 e. The maximum atomic E-state index is 3.84. The zero-order chi connectivity index (χ0) is 8.97. The Bertz CT molecular complexity index is 202. The molecule has 66 valence electrons. The lowest BCUT2D eigenvalue weighted by Gasteiger charge is -2.33. The molecule has 0 spiro atoms. The van der Waals surface area contributed by atoms with Crippen molar-refractivity contribution in [1.82, 2.24) is 0 Å². The van der Waals surface area contributed by atoms with Crippen molar-refractivity contribution in [2.45, 2.75) is 26.7 Å². The molecule has 1 rings (SSSR count). The van der Waals surface area contributed by atoms with Gasteiger partial charge >= 0.3 is 0 Å². The second-order valence-electron chi connectivity index (χ2n) is 3.67. The van der Waals surface area contributed by atoms with Crippen LogP contribution in [0, 0.1) is 11.8 Å². The summed E-state index contributed by atoms with van der Waals surface area (Å²) in [5, 5.41) is 0. The molecule has 0 aromatic carbocycles. The van der Waals surface area contributed by atoms with Gasteiger partial charge in [-0.25, -0.2) is 0 Å². The molecular formula is C12H18. The predicted molar refractivity (Wildman–Crippen MR) is 55.0 cm³/mol. The Kier molecular flexibility index (Phi) is 3.33. The highest BCUT2D eigenvalue weighted by atomic mass is 14.3. The van der Waals surface area contributed by atoms with Gasteiger partial charge < -0.3 is 0 Å². The van der Waals surface area contributed by atoms with Crippen molar-refractivity contribution in [3.63, 3.8) is 0 Å². The van der Waals surface area contributed by atoms with E-state index >= 15 is 0 Å². The van der Waals surface area contributed by atoms with E-state index in [2.05, 4.69) is 31.7 Å². The van der Waals surface area contributed by atoms with Crippen LogP contribution < -0.4 is 0 Å². The molecule has 0 bridgehead atoms. The third kappa shape index (κ3) is 2.10.